The van der Waals surface area contributed by atoms with E-state index >= 15 is 0 Å². The fraction of sp³-hybridized carbons (Fsp3) is 0.300. The number of phenolic OH excluding ortho intramolecular Hbond substituents is 1. The van der Waals surface area contributed by atoms with Crippen molar-refractivity contribution in [3.63, 3.8) is 0 Å². The van der Waals surface area contributed by atoms with Crippen LogP contribution < -0.4 is 14.2 Å². The number of fused-ring (bicyclic) bond motifs is 1. The van der Waals surface area contributed by atoms with Gasteiger partial charge in [-0.05, 0) is 42.3 Å². The monoisotopic (exact) mass is 326 g/mol. The zero-order valence-electron chi connectivity index (χ0n) is 14.4. The summed E-state index contributed by atoms with van der Waals surface area (Å²) in [4.78, 5) is 0. The van der Waals surface area contributed by atoms with Crippen LogP contribution in [0.2, 0.25) is 0 Å². The summed E-state index contributed by atoms with van der Waals surface area (Å²) in [6.45, 7) is 4.12. The van der Waals surface area contributed by atoms with E-state index in [4.69, 9.17) is 14.2 Å². The van der Waals surface area contributed by atoms with Crippen molar-refractivity contribution in [3.8, 4) is 23.0 Å². The molecule has 0 saturated heterocycles. The molecule has 0 aliphatic carbocycles. The fourth-order valence-corrected chi connectivity index (χ4v) is 3.17. The molecule has 2 atom stereocenters. The topological polar surface area (TPSA) is 47.9 Å². The van der Waals surface area contributed by atoms with Crippen LogP contribution in [0.3, 0.4) is 0 Å². The van der Waals surface area contributed by atoms with E-state index in [1.54, 1.807) is 20.3 Å². The molecule has 2 aromatic carbocycles. The molecule has 0 amide bonds. The molecule has 1 heterocycles. The Hall–Kier alpha value is -2.62. The summed E-state index contributed by atoms with van der Waals surface area (Å²) in [5, 5.41) is 9.80. The summed E-state index contributed by atoms with van der Waals surface area (Å²) < 4.78 is 16.9. The van der Waals surface area contributed by atoms with Crippen LogP contribution in [0.25, 0.3) is 6.08 Å². The van der Waals surface area contributed by atoms with E-state index in [1.807, 2.05) is 37.3 Å². The van der Waals surface area contributed by atoms with E-state index in [9.17, 15) is 5.11 Å². The first kappa shape index (κ1) is 16.2. The van der Waals surface area contributed by atoms with E-state index in [-0.39, 0.29) is 17.8 Å². The van der Waals surface area contributed by atoms with Gasteiger partial charge in [0.1, 0.15) is 6.10 Å². The molecule has 0 spiro atoms. The highest BCUT2D eigenvalue weighted by molar-refractivity contribution is 5.62. The predicted octanol–water partition coefficient (Wildman–Crippen LogP) is 4.68. The van der Waals surface area contributed by atoms with Crippen molar-refractivity contribution < 1.29 is 19.3 Å². The highest BCUT2D eigenvalue weighted by Crippen LogP contribution is 2.51. The molecule has 2 aromatic rings. The Bertz CT molecular complexity index is 779. The molecule has 0 radical (unpaired) electrons. The van der Waals surface area contributed by atoms with E-state index in [0.29, 0.717) is 5.75 Å². The fourth-order valence-electron chi connectivity index (χ4n) is 3.17. The Labute approximate surface area is 142 Å². The normalized spacial score (nSPS) is 19.2. The zero-order chi connectivity index (χ0) is 17.3. The van der Waals surface area contributed by atoms with Gasteiger partial charge in [0, 0.05) is 11.5 Å². The Morgan fingerprint density at radius 1 is 1.08 bits per heavy atom. The first-order valence-corrected chi connectivity index (χ1v) is 7.97. The van der Waals surface area contributed by atoms with Crippen LogP contribution >= 0.6 is 0 Å². The standard InChI is InChI=1S/C20H22O4/c1-5-6-13-9-15-12(2)19(24-20(15)18(10-13)23-4)14-7-8-16(21)17(11-14)22-3/h5-12,19,21H,1-4H3/b6-5+. The first-order chi connectivity index (χ1) is 11.6. The third-order valence-corrected chi connectivity index (χ3v) is 4.41. The molecular formula is C20H22O4. The number of benzene rings is 2. The highest BCUT2D eigenvalue weighted by atomic mass is 16.5. The Morgan fingerprint density at radius 2 is 1.83 bits per heavy atom. The van der Waals surface area contributed by atoms with Gasteiger partial charge < -0.3 is 19.3 Å². The van der Waals surface area contributed by atoms with Gasteiger partial charge in [-0.15, -0.1) is 0 Å². The molecule has 0 aromatic heterocycles. The lowest BCUT2D eigenvalue weighted by atomic mass is 9.91. The summed E-state index contributed by atoms with van der Waals surface area (Å²) in [6, 6.07) is 9.44. The number of phenols is 1. The van der Waals surface area contributed by atoms with Gasteiger partial charge >= 0.3 is 0 Å². The lowest BCUT2D eigenvalue weighted by Crippen LogP contribution is -2.07. The predicted molar refractivity (Wildman–Crippen MR) is 94.1 cm³/mol. The average molecular weight is 326 g/mol. The average Bonchev–Trinajstić information content (AvgIpc) is 2.92. The molecule has 0 fully saturated rings. The van der Waals surface area contributed by atoms with Gasteiger partial charge in [-0.3, -0.25) is 0 Å². The van der Waals surface area contributed by atoms with Crippen molar-refractivity contribution in [1.82, 2.24) is 0 Å². The first-order valence-electron chi connectivity index (χ1n) is 7.97. The Morgan fingerprint density at radius 3 is 2.50 bits per heavy atom. The lowest BCUT2D eigenvalue weighted by molar-refractivity contribution is 0.207. The summed E-state index contributed by atoms with van der Waals surface area (Å²) in [6.07, 6.45) is 3.90. The van der Waals surface area contributed by atoms with Crippen molar-refractivity contribution in [1.29, 1.82) is 0 Å². The molecule has 3 rings (SSSR count). The highest BCUT2D eigenvalue weighted by Gasteiger charge is 2.35. The maximum Gasteiger partial charge on any atom is 0.165 e. The number of hydrogen-bond acceptors (Lipinski definition) is 4. The maximum absolute atomic E-state index is 9.80. The zero-order valence-corrected chi connectivity index (χ0v) is 14.4. The molecule has 1 aliphatic rings. The van der Waals surface area contributed by atoms with Crippen molar-refractivity contribution in [3.05, 3.63) is 53.1 Å². The van der Waals surface area contributed by atoms with Crippen LogP contribution in [-0.2, 0) is 0 Å². The van der Waals surface area contributed by atoms with Crippen molar-refractivity contribution in [2.24, 2.45) is 0 Å². The molecule has 1 aliphatic heterocycles. The molecule has 0 saturated carbocycles. The van der Waals surface area contributed by atoms with Crippen molar-refractivity contribution >= 4 is 6.08 Å². The van der Waals surface area contributed by atoms with Gasteiger partial charge in [0.2, 0.25) is 0 Å². The quantitative estimate of drug-likeness (QED) is 0.886. The smallest absolute Gasteiger partial charge is 0.165 e. The summed E-state index contributed by atoms with van der Waals surface area (Å²) in [5.74, 6) is 2.25. The minimum absolute atomic E-state index is 0.123. The van der Waals surface area contributed by atoms with Gasteiger partial charge in [0.25, 0.3) is 0 Å². The number of hydrogen-bond donors (Lipinski definition) is 1. The van der Waals surface area contributed by atoms with Crippen LogP contribution in [0.4, 0.5) is 0 Å². The Balaban J connectivity index is 2.03. The van der Waals surface area contributed by atoms with Gasteiger partial charge in [0.05, 0.1) is 14.2 Å². The van der Waals surface area contributed by atoms with Gasteiger partial charge in [0.15, 0.2) is 23.0 Å². The van der Waals surface area contributed by atoms with E-state index in [2.05, 4.69) is 13.0 Å². The summed E-state index contributed by atoms with van der Waals surface area (Å²) >= 11 is 0. The largest absolute Gasteiger partial charge is 0.504 e. The number of rotatable bonds is 4. The minimum Gasteiger partial charge on any atom is -0.504 e. The molecule has 1 N–H and O–H groups in total. The van der Waals surface area contributed by atoms with Crippen molar-refractivity contribution in [2.45, 2.75) is 25.9 Å². The van der Waals surface area contributed by atoms with Gasteiger partial charge in [-0.2, -0.15) is 0 Å². The summed E-state index contributed by atoms with van der Waals surface area (Å²) in [5.41, 5.74) is 3.18. The molecule has 0 bridgehead atoms. The molecular weight excluding hydrogens is 304 g/mol. The third kappa shape index (κ3) is 2.68. The van der Waals surface area contributed by atoms with Crippen LogP contribution in [0.5, 0.6) is 23.0 Å². The lowest BCUT2D eigenvalue weighted by Gasteiger charge is -2.17. The molecule has 2 unspecified atom stereocenters. The molecule has 4 nitrogen and oxygen atoms in total. The number of aromatic hydroxyl groups is 1. The summed E-state index contributed by atoms with van der Waals surface area (Å²) in [7, 11) is 3.19. The van der Waals surface area contributed by atoms with Gasteiger partial charge in [-0.1, -0.05) is 25.1 Å². The SMILES string of the molecule is C/C=C/c1cc(OC)c2c(c1)C(C)C(c1ccc(O)c(OC)c1)O2. The minimum atomic E-state index is -0.149. The number of ether oxygens (including phenoxy) is 3. The van der Waals surface area contributed by atoms with Gasteiger partial charge in [-0.25, -0.2) is 0 Å². The van der Waals surface area contributed by atoms with E-state index in [1.165, 1.54) is 0 Å². The second-order valence-electron chi connectivity index (χ2n) is 5.90. The van der Waals surface area contributed by atoms with Crippen molar-refractivity contribution in [2.75, 3.05) is 14.2 Å². The molecule has 126 valence electrons. The van der Waals surface area contributed by atoms with Crippen LogP contribution in [0.15, 0.2) is 36.4 Å². The third-order valence-electron chi connectivity index (χ3n) is 4.41. The Kier molecular flexibility index (Phi) is 4.38. The van der Waals surface area contributed by atoms with Crippen LogP contribution in [0, 0.1) is 0 Å². The van der Waals surface area contributed by atoms with E-state index in [0.717, 1.165) is 28.2 Å². The maximum atomic E-state index is 9.80. The van der Waals surface area contributed by atoms with Crippen LogP contribution in [0.1, 0.15) is 42.6 Å². The number of methoxy groups -OCH3 is 2. The second-order valence-corrected chi connectivity index (χ2v) is 5.90. The number of allylic oxidation sites excluding steroid dienone is 1. The van der Waals surface area contributed by atoms with Crippen LogP contribution in [-0.4, -0.2) is 19.3 Å². The molecule has 4 heteroatoms. The molecule has 24 heavy (non-hydrogen) atoms. The van der Waals surface area contributed by atoms with E-state index < -0.39 is 0 Å². The second kappa shape index (κ2) is 6.48.